The number of amides is 2. The lowest BCUT2D eigenvalue weighted by atomic mass is 9.92. The lowest BCUT2D eigenvalue weighted by molar-refractivity contribution is -0.138. The zero-order valence-corrected chi connectivity index (χ0v) is 18.6. The first kappa shape index (κ1) is 22.5. The number of carbonyl (C=O) groups is 2. The summed E-state index contributed by atoms with van der Waals surface area (Å²) in [6.07, 6.45) is -0.117. The fourth-order valence-electron chi connectivity index (χ4n) is 3.32. The second-order valence-electron chi connectivity index (χ2n) is 7.12. The van der Waals surface area contributed by atoms with E-state index in [2.05, 4.69) is 10.6 Å². The molecule has 2 aromatic carbocycles. The Kier molecular flexibility index (Phi) is 7.07. The number of hydrogen-bond donors (Lipinski definition) is 2. The number of rotatable bonds is 7. The van der Waals surface area contributed by atoms with Gasteiger partial charge in [-0.15, -0.1) is 0 Å². The van der Waals surface area contributed by atoms with Crippen molar-refractivity contribution in [3.63, 3.8) is 0 Å². The molecule has 8 heteroatoms. The van der Waals surface area contributed by atoms with Crippen LogP contribution in [0.2, 0.25) is 5.02 Å². The van der Waals surface area contributed by atoms with E-state index in [1.165, 1.54) is 0 Å². The molecule has 1 heterocycles. The first-order valence-electron chi connectivity index (χ1n) is 9.93. The third-order valence-electron chi connectivity index (χ3n) is 4.59. The van der Waals surface area contributed by atoms with E-state index in [4.69, 9.17) is 25.8 Å². The van der Waals surface area contributed by atoms with Crippen LogP contribution in [0.3, 0.4) is 0 Å². The zero-order valence-electron chi connectivity index (χ0n) is 17.8. The van der Waals surface area contributed by atoms with Gasteiger partial charge in [0.25, 0.3) is 0 Å². The van der Waals surface area contributed by atoms with Crippen LogP contribution < -0.4 is 20.1 Å². The molecule has 1 aliphatic rings. The quantitative estimate of drug-likeness (QED) is 0.615. The molecule has 0 spiro atoms. The Bertz CT molecular complexity index is 1000. The number of halogens is 1. The lowest BCUT2D eigenvalue weighted by Gasteiger charge is -2.31. The van der Waals surface area contributed by atoms with Crippen LogP contribution in [0.5, 0.6) is 11.5 Å². The molecule has 0 fully saturated rings. The highest BCUT2D eigenvalue weighted by Crippen LogP contribution is 2.38. The van der Waals surface area contributed by atoms with Crippen molar-refractivity contribution in [3.8, 4) is 11.5 Å². The van der Waals surface area contributed by atoms with Gasteiger partial charge in [0.2, 0.25) is 0 Å². The van der Waals surface area contributed by atoms with E-state index >= 15 is 0 Å². The summed E-state index contributed by atoms with van der Waals surface area (Å²) >= 11 is 6.25. The molecule has 7 nitrogen and oxygen atoms in total. The van der Waals surface area contributed by atoms with E-state index < -0.39 is 18.0 Å². The highest BCUT2D eigenvalue weighted by molar-refractivity contribution is 6.30. The average Bonchev–Trinajstić information content (AvgIpc) is 2.74. The Balaban J connectivity index is 2.21. The van der Waals surface area contributed by atoms with Crippen molar-refractivity contribution >= 4 is 29.3 Å². The number of ether oxygens (including phenoxy) is 3. The van der Waals surface area contributed by atoms with Gasteiger partial charge in [-0.25, -0.2) is 9.59 Å². The second-order valence-corrected chi connectivity index (χ2v) is 7.55. The largest absolute Gasteiger partial charge is 0.497 e. The standard InChI is InChI=1S/C23H25ClN2O5/c1-5-30-22(27)19-20(14-6-9-16(29-4)10-7-14)25-23(28)26-21(19)17-12-15(24)8-11-18(17)31-13(2)3/h6-13,21H,5H2,1-4H3,(H2,25,26,28). The summed E-state index contributed by atoms with van der Waals surface area (Å²) < 4.78 is 16.5. The van der Waals surface area contributed by atoms with Gasteiger partial charge in [-0.3, -0.25) is 0 Å². The van der Waals surface area contributed by atoms with Gasteiger partial charge in [-0.2, -0.15) is 0 Å². The lowest BCUT2D eigenvalue weighted by Crippen LogP contribution is -2.45. The normalized spacial score (nSPS) is 15.9. The van der Waals surface area contributed by atoms with Crippen molar-refractivity contribution in [3.05, 3.63) is 64.2 Å². The second kappa shape index (κ2) is 9.75. The Labute approximate surface area is 186 Å². The van der Waals surface area contributed by atoms with Gasteiger partial charge in [0, 0.05) is 10.6 Å². The summed E-state index contributed by atoms with van der Waals surface area (Å²) in [7, 11) is 1.57. The average molecular weight is 445 g/mol. The summed E-state index contributed by atoms with van der Waals surface area (Å²) in [4.78, 5) is 25.6. The minimum atomic E-state index is -0.822. The molecule has 0 saturated heterocycles. The molecule has 1 unspecified atom stereocenters. The van der Waals surface area contributed by atoms with Gasteiger partial charge in [-0.1, -0.05) is 11.6 Å². The third kappa shape index (κ3) is 5.11. The van der Waals surface area contributed by atoms with Crippen LogP contribution >= 0.6 is 11.6 Å². The maximum atomic E-state index is 13.0. The molecular weight excluding hydrogens is 420 g/mol. The van der Waals surface area contributed by atoms with Gasteiger partial charge >= 0.3 is 12.0 Å². The molecule has 2 N–H and O–H groups in total. The van der Waals surface area contributed by atoms with E-state index in [9.17, 15) is 9.59 Å². The minimum Gasteiger partial charge on any atom is -0.497 e. The van der Waals surface area contributed by atoms with E-state index in [1.807, 2.05) is 13.8 Å². The van der Waals surface area contributed by atoms with Gasteiger partial charge in [0.05, 0.1) is 37.1 Å². The molecule has 3 rings (SSSR count). The Morgan fingerprint density at radius 1 is 1.16 bits per heavy atom. The molecule has 31 heavy (non-hydrogen) atoms. The predicted octanol–water partition coefficient (Wildman–Crippen LogP) is 4.46. The topological polar surface area (TPSA) is 85.9 Å². The Hall–Kier alpha value is -3.19. The van der Waals surface area contributed by atoms with Crippen LogP contribution in [0.1, 0.15) is 37.9 Å². The molecule has 1 aliphatic heterocycles. The van der Waals surface area contributed by atoms with Crippen LogP contribution in [0.4, 0.5) is 4.79 Å². The smallest absolute Gasteiger partial charge is 0.338 e. The number of hydrogen-bond acceptors (Lipinski definition) is 5. The number of urea groups is 1. The Morgan fingerprint density at radius 2 is 1.87 bits per heavy atom. The number of esters is 1. The van der Waals surface area contributed by atoms with Gasteiger partial charge in [0.1, 0.15) is 11.5 Å². The molecule has 164 valence electrons. The van der Waals surface area contributed by atoms with Crippen LogP contribution in [0.25, 0.3) is 5.70 Å². The maximum absolute atomic E-state index is 13.0. The number of benzene rings is 2. The number of methoxy groups -OCH3 is 1. The van der Waals surface area contributed by atoms with Crippen molar-refractivity contribution in [2.45, 2.75) is 32.9 Å². The monoisotopic (exact) mass is 444 g/mol. The van der Waals surface area contributed by atoms with E-state index in [-0.39, 0.29) is 18.3 Å². The fourth-order valence-corrected chi connectivity index (χ4v) is 3.50. The van der Waals surface area contributed by atoms with Crippen molar-refractivity contribution in [2.24, 2.45) is 0 Å². The highest BCUT2D eigenvalue weighted by Gasteiger charge is 2.36. The predicted molar refractivity (Wildman–Crippen MR) is 118 cm³/mol. The fraction of sp³-hybridized carbons (Fsp3) is 0.304. The minimum absolute atomic E-state index is 0.117. The van der Waals surface area contributed by atoms with Crippen molar-refractivity contribution in [1.82, 2.24) is 10.6 Å². The zero-order chi connectivity index (χ0) is 22.5. The molecule has 0 radical (unpaired) electrons. The summed E-state index contributed by atoms with van der Waals surface area (Å²) in [5, 5.41) is 6.01. The van der Waals surface area contributed by atoms with Crippen LogP contribution in [-0.2, 0) is 9.53 Å². The molecular formula is C23H25ClN2O5. The van der Waals surface area contributed by atoms with Crippen molar-refractivity contribution < 1.29 is 23.8 Å². The summed E-state index contributed by atoms with van der Waals surface area (Å²) in [5.74, 6) is 0.616. The summed E-state index contributed by atoms with van der Waals surface area (Å²) in [5.41, 5.74) is 1.80. The van der Waals surface area contributed by atoms with Gasteiger partial charge < -0.3 is 24.8 Å². The first-order chi connectivity index (χ1) is 14.8. The molecule has 1 atom stereocenters. The van der Waals surface area contributed by atoms with Crippen LogP contribution in [-0.4, -0.2) is 31.8 Å². The Morgan fingerprint density at radius 3 is 2.48 bits per heavy atom. The third-order valence-corrected chi connectivity index (χ3v) is 4.83. The van der Waals surface area contributed by atoms with Crippen molar-refractivity contribution in [2.75, 3.05) is 13.7 Å². The molecule has 0 saturated carbocycles. The molecule has 0 bridgehead atoms. The number of nitrogens with one attached hydrogen (secondary N) is 2. The first-order valence-corrected chi connectivity index (χ1v) is 10.3. The SMILES string of the molecule is CCOC(=O)C1=C(c2ccc(OC)cc2)NC(=O)NC1c1cc(Cl)ccc1OC(C)C. The van der Waals surface area contributed by atoms with E-state index in [0.29, 0.717) is 33.3 Å². The van der Waals surface area contributed by atoms with Crippen LogP contribution in [0.15, 0.2) is 48.0 Å². The van der Waals surface area contributed by atoms with E-state index in [1.54, 1.807) is 56.5 Å². The maximum Gasteiger partial charge on any atom is 0.338 e. The molecule has 0 aromatic heterocycles. The van der Waals surface area contributed by atoms with E-state index in [0.717, 1.165) is 0 Å². The van der Waals surface area contributed by atoms with Gasteiger partial charge in [0.15, 0.2) is 0 Å². The van der Waals surface area contributed by atoms with Crippen LogP contribution in [0, 0.1) is 0 Å². The van der Waals surface area contributed by atoms with Gasteiger partial charge in [-0.05, 0) is 68.8 Å². The molecule has 2 aromatic rings. The molecule has 0 aliphatic carbocycles. The summed E-state index contributed by atoms with van der Waals surface area (Å²) in [6, 6.07) is 10.9. The highest BCUT2D eigenvalue weighted by atomic mass is 35.5. The number of carbonyl (C=O) groups excluding carboxylic acids is 2. The summed E-state index contributed by atoms with van der Waals surface area (Å²) in [6.45, 7) is 5.69. The molecule has 2 amide bonds. The van der Waals surface area contributed by atoms with Crippen molar-refractivity contribution in [1.29, 1.82) is 0 Å².